The molecule has 1 heterocycles. The molecule has 0 aromatic heterocycles. The lowest BCUT2D eigenvalue weighted by atomic mass is 10.0. The second-order valence-electron chi connectivity index (χ2n) is 5.54. The Morgan fingerprint density at radius 1 is 1.43 bits per heavy atom. The average molecular weight is 289 g/mol. The van der Waals surface area contributed by atoms with Gasteiger partial charge in [0.1, 0.15) is 0 Å². The Morgan fingerprint density at radius 2 is 2.10 bits per heavy atom. The van der Waals surface area contributed by atoms with Gasteiger partial charge in [0.05, 0.1) is 5.70 Å². The lowest BCUT2D eigenvalue weighted by Crippen LogP contribution is -2.39. The normalized spacial score (nSPS) is 19.1. The first-order valence-corrected chi connectivity index (χ1v) is 7.17. The maximum atomic E-state index is 11.5. The van der Waals surface area contributed by atoms with Crippen molar-refractivity contribution >= 4 is 11.5 Å². The van der Waals surface area contributed by atoms with E-state index in [9.17, 15) is 4.79 Å². The van der Waals surface area contributed by atoms with Gasteiger partial charge in [-0.25, -0.2) is 0 Å². The Balaban J connectivity index is 2.03. The van der Waals surface area contributed by atoms with Crippen LogP contribution in [-0.2, 0) is 11.2 Å². The molecule has 2 rings (SSSR count). The first-order valence-electron chi connectivity index (χ1n) is 7.17. The molecule has 4 N–H and O–H groups in total. The van der Waals surface area contributed by atoms with E-state index in [0.717, 1.165) is 23.2 Å². The molecule has 0 radical (unpaired) electrons. The molecule has 0 unspecified atom stereocenters. The Kier molecular flexibility index (Phi) is 4.98. The molecule has 0 saturated carbocycles. The van der Waals surface area contributed by atoms with Crippen LogP contribution in [0.2, 0.25) is 0 Å². The van der Waals surface area contributed by atoms with Gasteiger partial charge in [-0.1, -0.05) is 24.3 Å². The van der Waals surface area contributed by atoms with Gasteiger partial charge in [-0.2, -0.15) is 0 Å². The van der Waals surface area contributed by atoms with Crippen LogP contribution in [0, 0.1) is 0 Å². The smallest absolute Gasteiger partial charge is 0.172 e. The van der Waals surface area contributed by atoms with Crippen molar-refractivity contribution in [1.82, 2.24) is 10.2 Å². The van der Waals surface area contributed by atoms with Gasteiger partial charge in [0.25, 0.3) is 0 Å². The highest BCUT2D eigenvalue weighted by atomic mass is 16.3. The molecule has 0 saturated heterocycles. The summed E-state index contributed by atoms with van der Waals surface area (Å²) in [6, 6.07) is 8.11. The summed E-state index contributed by atoms with van der Waals surface area (Å²) in [5, 5.41) is 12.1. The first-order chi connectivity index (χ1) is 10.0. The largest absolute Gasteiger partial charge is 0.396 e. The number of carbonyl (C=O) groups is 1. The summed E-state index contributed by atoms with van der Waals surface area (Å²) in [4.78, 5) is 13.4. The second-order valence-corrected chi connectivity index (χ2v) is 5.54. The van der Waals surface area contributed by atoms with E-state index in [2.05, 4.69) is 5.32 Å². The summed E-state index contributed by atoms with van der Waals surface area (Å²) in [7, 11) is 1.88. The van der Waals surface area contributed by atoms with Crippen molar-refractivity contribution in [3.8, 4) is 0 Å². The minimum atomic E-state index is -0.280. The number of benzene rings is 1. The van der Waals surface area contributed by atoms with E-state index >= 15 is 0 Å². The molecule has 0 aliphatic carbocycles. The van der Waals surface area contributed by atoms with E-state index in [1.807, 2.05) is 42.4 Å². The van der Waals surface area contributed by atoms with E-state index in [1.54, 1.807) is 6.92 Å². The Hall–Kier alpha value is -1.85. The topological polar surface area (TPSA) is 78.6 Å². The van der Waals surface area contributed by atoms with E-state index in [4.69, 9.17) is 10.8 Å². The lowest BCUT2D eigenvalue weighted by molar-refractivity contribution is -0.121. The third-order valence-corrected chi connectivity index (χ3v) is 3.68. The van der Waals surface area contributed by atoms with E-state index in [0.29, 0.717) is 6.42 Å². The standard InChI is InChI=1S/C16H23N3O2/c1-11(21)16-18-15(10-19(16)2)13-5-3-12(4-6-13)9-14(17)7-8-20/h3-6,10,14,16,18,20H,7-9,17H2,1-2H3/t14-,16-/m1/s1. The fraction of sp³-hybridized carbons (Fsp3) is 0.438. The van der Waals surface area contributed by atoms with Gasteiger partial charge < -0.3 is 21.1 Å². The molecule has 0 amide bonds. The summed E-state index contributed by atoms with van der Waals surface area (Å²) in [6.45, 7) is 1.70. The van der Waals surface area contributed by atoms with Gasteiger partial charge in [0, 0.05) is 25.9 Å². The number of hydrogen-bond donors (Lipinski definition) is 3. The molecular formula is C16H23N3O2. The number of aliphatic hydroxyl groups is 1. The molecular weight excluding hydrogens is 266 g/mol. The fourth-order valence-corrected chi connectivity index (χ4v) is 2.50. The number of likely N-dealkylation sites (N-methyl/N-ethyl adjacent to an activating group) is 1. The quantitative estimate of drug-likeness (QED) is 0.718. The van der Waals surface area contributed by atoms with E-state index < -0.39 is 0 Å². The van der Waals surface area contributed by atoms with Crippen molar-refractivity contribution in [3.63, 3.8) is 0 Å². The molecule has 21 heavy (non-hydrogen) atoms. The zero-order valence-electron chi connectivity index (χ0n) is 12.5. The summed E-state index contributed by atoms with van der Waals surface area (Å²) in [5.74, 6) is 0.0929. The van der Waals surface area contributed by atoms with Gasteiger partial charge in [-0.3, -0.25) is 4.79 Å². The number of ketones is 1. The molecule has 1 aliphatic rings. The molecule has 114 valence electrons. The minimum absolute atomic E-state index is 0.0158. The number of hydrogen-bond acceptors (Lipinski definition) is 5. The summed E-state index contributed by atoms with van der Waals surface area (Å²) in [6.07, 6.45) is 3.03. The summed E-state index contributed by atoms with van der Waals surface area (Å²) in [5.41, 5.74) is 9.06. The van der Waals surface area contributed by atoms with Crippen LogP contribution in [0.4, 0.5) is 0 Å². The van der Waals surface area contributed by atoms with Crippen LogP contribution in [0.3, 0.4) is 0 Å². The SMILES string of the molecule is CC(=O)[C@@H]1NC(c2ccc(C[C@H](N)CCO)cc2)=CN1C. The van der Waals surface area contributed by atoms with Crippen molar-refractivity contribution in [2.24, 2.45) is 5.73 Å². The molecule has 1 aromatic carbocycles. The highest BCUT2D eigenvalue weighted by Gasteiger charge is 2.24. The third-order valence-electron chi connectivity index (χ3n) is 3.68. The van der Waals surface area contributed by atoms with Crippen LogP contribution < -0.4 is 11.1 Å². The predicted molar refractivity (Wildman–Crippen MR) is 83.2 cm³/mol. The van der Waals surface area contributed by atoms with E-state index in [-0.39, 0.29) is 24.6 Å². The number of rotatable bonds is 6. The maximum absolute atomic E-state index is 11.5. The van der Waals surface area contributed by atoms with Crippen LogP contribution in [0.5, 0.6) is 0 Å². The third kappa shape index (κ3) is 3.83. The Morgan fingerprint density at radius 3 is 2.62 bits per heavy atom. The minimum Gasteiger partial charge on any atom is -0.396 e. The number of Topliss-reactive ketones (excluding diaryl/α,β-unsaturated/α-hetero) is 1. The molecule has 0 fully saturated rings. The summed E-state index contributed by atoms with van der Waals surface area (Å²) >= 11 is 0. The van der Waals surface area contributed by atoms with Crippen LogP contribution in [0.1, 0.15) is 24.5 Å². The van der Waals surface area contributed by atoms with Crippen molar-refractivity contribution in [2.45, 2.75) is 32.0 Å². The number of carbonyl (C=O) groups excluding carboxylic acids is 1. The van der Waals surface area contributed by atoms with Gasteiger partial charge in [-0.05, 0) is 30.9 Å². The highest BCUT2D eigenvalue weighted by Crippen LogP contribution is 2.20. The molecule has 0 bridgehead atoms. The molecule has 5 heteroatoms. The number of aliphatic hydroxyl groups excluding tert-OH is 1. The van der Waals surface area contributed by atoms with Crippen molar-refractivity contribution in [2.75, 3.05) is 13.7 Å². The van der Waals surface area contributed by atoms with Gasteiger partial charge >= 0.3 is 0 Å². The van der Waals surface area contributed by atoms with E-state index in [1.165, 1.54) is 0 Å². The average Bonchev–Trinajstić information content (AvgIpc) is 2.82. The van der Waals surface area contributed by atoms with Crippen LogP contribution in [-0.4, -0.2) is 41.7 Å². The molecule has 2 atom stereocenters. The van der Waals surface area contributed by atoms with Crippen molar-refractivity contribution in [1.29, 1.82) is 0 Å². The van der Waals surface area contributed by atoms with Crippen LogP contribution >= 0.6 is 0 Å². The van der Waals surface area contributed by atoms with Crippen LogP contribution in [0.15, 0.2) is 30.5 Å². The van der Waals surface area contributed by atoms with Gasteiger partial charge in [0.15, 0.2) is 11.9 Å². The molecule has 1 aliphatic heterocycles. The lowest BCUT2D eigenvalue weighted by Gasteiger charge is -2.17. The predicted octanol–water partition coefficient (Wildman–Crippen LogP) is 0.687. The number of nitrogens with two attached hydrogens (primary N) is 1. The van der Waals surface area contributed by atoms with Crippen LogP contribution in [0.25, 0.3) is 5.70 Å². The molecule has 0 spiro atoms. The highest BCUT2D eigenvalue weighted by molar-refractivity contribution is 5.85. The molecule has 5 nitrogen and oxygen atoms in total. The van der Waals surface area contributed by atoms with Gasteiger partial charge in [0.2, 0.25) is 0 Å². The number of nitrogens with one attached hydrogen (secondary N) is 1. The number of nitrogens with zero attached hydrogens (tertiary/aromatic N) is 1. The maximum Gasteiger partial charge on any atom is 0.172 e. The van der Waals surface area contributed by atoms with Crippen molar-refractivity contribution in [3.05, 3.63) is 41.6 Å². The zero-order chi connectivity index (χ0) is 15.4. The van der Waals surface area contributed by atoms with Gasteiger partial charge in [-0.15, -0.1) is 0 Å². The Labute approximate surface area is 125 Å². The van der Waals surface area contributed by atoms with Crippen molar-refractivity contribution < 1.29 is 9.90 Å². The zero-order valence-corrected chi connectivity index (χ0v) is 12.5. The monoisotopic (exact) mass is 289 g/mol. The molecule has 1 aromatic rings. The second kappa shape index (κ2) is 6.74. The first kappa shape index (κ1) is 15.5. The fourth-order valence-electron chi connectivity index (χ4n) is 2.50. The Bertz CT molecular complexity index is 525. The summed E-state index contributed by atoms with van der Waals surface area (Å²) < 4.78 is 0.